The van der Waals surface area contributed by atoms with Gasteiger partial charge in [0, 0.05) is 18.8 Å². The van der Waals surface area contributed by atoms with E-state index in [0.29, 0.717) is 10.4 Å². The molecule has 1 unspecified atom stereocenters. The van der Waals surface area contributed by atoms with E-state index in [1.165, 1.54) is 23.1 Å². The standard InChI is InChI=1S/C9H15N3O2S3/c1-6(4-15-3)12(2)8-10-11-9(17-8)16-5-7(13)14/h6H,4-5H2,1-3H3,(H,13,14). The number of carboxylic acid groups (broad SMARTS) is 1. The fourth-order valence-corrected chi connectivity index (χ4v) is 3.40. The molecular formula is C9H15N3O2S3. The van der Waals surface area contributed by atoms with Gasteiger partial charge < -0.3 is 10.0 Å². The smallest absolute Gasteiger partial charge is 0.313 e. The van der Waals surface area contributed by atoms with Crippen LogP contribution in [0.5, 0.6) is 0 Å². The van der Waals surface area contributed by atoms with Gasteiger partial charge in [0.25, 0.3) is 0 Å². The Labute approximate surface area is 113 Å². The molecule has 1 aromatic heterocycles. The first-order valence-corrected chi connectivity index (χ1v) is 8.14. The number of anilines is 1. The van der Waals surface area contributed by atoms with E-state index in [2.05, 4.69) is 28.3 Å². The summed E-state index contributed by atoms with van der Waals surface area (Å²) in [6.07, 6.45) is 2.07. The summed E-state index contributed by atoms with van der Waals surface area (Å²) in [5.74, 6) is 0.211. The Hall–Kier alpha value is -0.470. The van der Waals surface area contributed by atoms with Crippen LogP contribution in [-0.4, -0.2) is 52.1 Å². The lowest BCUT2D eigenvalue weighted by atomic mass is 10.4. The molecule has 1 heterocycles. The van der Waals surface area contributed by atoms with E-state index >= 15 is 0 Å². The van der Waals surface area contributed by atoms with Gasteiger partial charge >= 0.3 is 5.97 Å². The van der Waals surface area contributed by atoms with Crippen molar-refractivity contribution in [3.05, 3.63) is 0 Å². The van der Waals surface area contributed by atoms with Crippen molar-refractivity contribution in [2.24, 2.45) is 0 Å². The zero-order valence-electron chi connectivity index (χ0n) is 9.91. The SMILES string of the molecule is CSCC(C)N(C)c1nnc(SCC(=O)O)s1. The van der Waals surface area contributed by atoms with Crippen LogP contribution < -0.4 is 4.90 Å². The number of hydrogen-bond donors (Lipinski definition) is 1. The number of thioether (sulfide) groups is 2. The summed E-state index contributed by atoms with van der Waals surface area (Å²) < 4.78 is 0.700. The summed E-state index contributed by atoms with van der Waals surface area (Å²) in [5.41, 5.74) is 0. The molecular weight excluding hydrogens is 278 g/mol. The van der Waals surface area contributed by atoms with Crippen molar-refractivity contribution in [2.45, 2.75) is 17.3 Å². The Morgan fingerprint density at radius 2 is 2.29 bits per heavy atom. The molecule has 0 fully saturated rings. The van der Waals surface area contributed by atoms with Gasteiger partial charge in [-0.25, -0.2) is 0 Å². The van der Waals surface area contributed by atoms with Crippen molar-refractivity contribution < 1.29 is 9.90 Å². The molecule has 1 rings (SSSR count). The molecule has 0 saturated heterocycles. The van der Waals surface area contributed by atoms with Gasteiger partial charge in [-0.3, -0.25) is 4.79 Å². The van der Waals surface area contributed by atoms with E-state index in [0.717, 1.165) is 10.9 Å². The van der Waals surface area contributed by atoms with E-state index in [1.54, 1.807) is 11.8 Å². The Morgan fingerprint density at radius 1 is 1.59 bits per heavy atom. The normalized spacial score (nSPS) is 12.4. The molecule has 0 radical (unpaired) electrons. The van der Waals surface area contributed by atoms with E-state index in [9.17, 15) is 4.79 Å². The zero-order chi connectivity index (χ0) is 12.8. The average molecular weight is 293 g/mol. The largest absolute Gasteiger partial charge is 0.481 e. The lowest BCUT2D eigenvalue weighted by Crippen LogP contribution is -2.30. The fraction of sp³-hybridized carbons (Fsp3) is 0.667. The van der Waals surface area contributed by atoms with Crippen molar-refractivity contribution in [1.82, 2.24) is 10.2 Å². The molecule has 0 aliphatic rings. The van der Waals surface area contributed by atoms with Gasteiger partial charge in [0.15, 0.2) is 4.34 Å². The third kappa shape index (κ3) is 4.72. The van der Waals surface area contributed by atoms with Crippen LogP contribution in [0, 0.1) is 0 Å². The number of rotatable bonds is 7. The van der Waals surface area contributed by atoms with Crippen molar-refractivity contribution in [1.29, 1.82) is 0 Å². The quantitative estimate of drug-likeness (QED) is 0.770. The first-order valence-electron chi connectivity index (χ1n) is 4.94. The van der Waals surface area contributed by atoms with Crippen LogP contribution in [0.25, 0.3) is 0 Å². The second kappa shape index (κ2) is 7.07. The zero-order valence-corrected chi connectivity index (χ0v) is 12.4. The molecule has 96 valence electrons. The van der Waals surface area contributed by atoms with Crippen molar-refractivity contribution in [3.8, 4) is 0 Å². The second-order valence-corrected chi connectivity index (χ2v) is 6.54. The summed E-state index contributed by atoms with van der Waals surface area (Å²) in [6.45, 7) is 2.13. The van der Waals surface area contributed by atoms with Crippen LogP contribution in [0.4, 0.5) is 5.13 Å². The molecule has 0 aliphatic carbocycles. The minimum atomic E-state index is -0.837. The van der Waals surface area contributed by atoms with Crippen molar-refractivity contribution in [3.63, 3.8) is 0 Å². The molecule has 1 N–H and O–H groups in total. The highest BCUT2D eigenvalue weighted by atomic mass is 32.2. The molecule has 1 aromatic rings. The monoisotopic (exact) mass is 293 g/mol. The Kier molecular flexibility index (Phi) is 6.07. The predicted octanol–water partition coefficient (Wildman–Crippen LogP) is 1.90. The van der Waals surface area contributed by atoms with Gasteiger partial charge in [-0.1, -0.05) is 23.1 Å². The minimum Gasteiger partial charge on any atom is -0.481 e. The molecule has 5 nitrogen and oxygen atoms in total. The third-order valence-electron chi connectivity index (χ3n) is 2.09. The van der Waals surface area contributed by atoms with E-state index in [4.69, 9.17) is 5.11 Å². The maximum atomic E-state index is 10.4. The predicted molar refractivity (Wildman–Crippen MR) is 74.5 cm³/mol. The van der Waals surface area contributed by atoms with Gasteiger partial charge in [-0.05, 0) is 13.2 Å². The molecule has 0 saturated carbocycles. The number of carboxylic acids is 1. The highest BCUT2D eigenvalue weighted by Crippen LogP contribution is 2.28. The Bertz CT molecular complexity index is 372. The summed E-state index contributed by atoms with van der Waals surface area (Å²) in [7, 11) is 1.98. The molecule has 8 heteroatoms. The molecule has 0 spiro atoms. The van der Waals surface area contributed by atoms with E-state index in [1.807, 2.05) is 7.05 Å². The summed E-state index contributed by atoms with van der Waals surface area (Å²) in [6, 6.07) is 0.385. The maximum absolute atomic E-state index is 10.4. The first kappa shape index (κ1) is 14.6. The van der Waals surface area contributed by atoms with Crippen LogP contribution >= 0.6 is 34.9 Å². The molecule has 0 aliphatic heterocycles. The molecule has 1 atom stereocenters. The number of aromatic nitrogens is 2. The Balaban J connectivity index is 2.57. The summed E-state index contributed by atoms with van der Waals surface area (Å²) in [5, 5.41) is 17.4. The van der Waals surface area contributed by atoms with Crippen LogP contribution in [0.15, 0.2) is 4.34 Å². The van der Waals surface area contributed by atoms with Gasteiger partial charge in [-0.15, -0.1) is 10.2 Å². The Morgan fingerprint density at radius 3 is 2.88 bits per heavy atom. The topological polar surface area (TPSA) is 66.3 Å². The van der Waals surface area contributed by atoms with Gasteiger partial charge in [-0.2, -0.15) is 11.8 Å². The maximum Gasteiger partial charge on any atom is 0.313 e. The van der Waals surface area contributed by atoms with Gasteiger partial charge in [0.1, 0.15) is 0 Å². The number of hydrogen-bond acceptors (Lipinski definition) is 7. The average Bonchev–Trinajstić information content (AvgIpc) is 2.74. The lowest BCUT2D eigenvalue weighted by molar-refractivity contribution is -0.133. The van der Waals surface area contributed by atoms with Gasteiger partial charge in [0.2, 0.25) is 5.13 Å². The number of aliphatic carboxylic acids is 1. The lowest BCUT2D eigenvalue weighted by Gasteiger charge is -2.22. The molecule has 0 amide bonds. The summed E-state index contributed by atoms with van der Waals surface area (Å²) in [4.78, 5) is 12.5. The van der Waals surface area contributed by atoms with Crippen molar-refractivity contribution >= 4 is 46.0 Å². The van der Waals surface area contributed by atoms with Crippen molar-refractivity contribution in [2.75, 3.05) is 29.7 Å². The molecule has 0 bridgehead atoms. The fourth-order valence-electron chi connectivity index (χ4n) is 1.07. The van der Waals surface area contributed by atoms with Crippen LogP contribution in [-0.2, 0) is 4.79 Å². The first-order chi connectivity index (χ1) is 8.04. The second-order valence-electron chi connectivity index (χ2n) is 3.45. The van der Waals surface area contributed by atoms with Crippen LogP contribution in [0.2, 0.25) is 0 Å². The van der Waals surface area contributed by atoms with E-state index in [-0.39, 0.29) is 5.75 Å². The highest BCUT2D eigenvalue weighted by Gasteiger charge is 2.15. The van der Waals surface area contributed by atoms with Crippen LogP contribution in [0.1, 0.15) is 6.92 Å². The van der Waals surface area contributed by atoms with Gasteiger partial charge in [0.05, 0.1) is 5.75 Å². The molecule has 0 aromatic carbocycles. The minimum absolute atomic E-state index is 0.0265. The number of carbonyl (C=O) groups is 1. The summed E-state index contributed by atoms with van der Waals surface area (Å²) >= 11 is 4.42. The van der Waals surface area contributed by atoms with E-state index < -0.39 is 5.97 Å². The number of nitrogens with zero attached hydrogens (tertiary/aromatic N) is 3. The highest BCUT2D eigenvalue weighted by molar-refractivity contribution is 8.01. The third-order valence-corrected chi connectivity index (χ3v) is 5.03. The van der Waals surface area contributed by atoms with Crippen LogP contribution in [0.3, 0.4) is 0 Å². The molecule has 17 heavy (non-hydrogen) atoms.